The van der Waals surface area contributed by atoms with Gasteiger partial charge in [-0.2, -0.15) is 0 Å². The topological polar surface area (TPSA) is 24.9 Å². The number of rotatable bonds is 3. The van der Waals surface area contributed by atoms with Crippen molar-refractivity contribution in [2.75, 3.05) is 7.05 Å². The van der Waals surface area contributed by atoms with E-state index in [2.05, 4.69) is 10.3 Å². The largest absolute Gasteiger partial charge is 0.311 e. The first-order valence-corrected chi connectivity index (χ1v) is 5.09. The molecule has 74 valence electrons. The molecule has 0 spiro atoms. The average molecular weight is 202 g/mol. The molecule has 2 nitrogen and oxygen atoms in total. The van der Waals surface area contributed by atoms with Crippen LogP contribution in [-0.4, -0.2) is 12.0 Å². The van der Waals surface area contributed by atoms with Gasteiger partial charge in [0.25, 0.3) is 0 Å². The summed E-state index contributed by atoms with van der Waals surface area (Å²) in [7, 11) is 1.87. The minimum absolute atomic E-state index is 0.195. The Morgan fingerprint density at radius 2 is 2.23 bits per heavy atom. The molecule has 0 saturated carbocycles. The van der Waals surface area contributed by atoms with E-state index in [9.17, 15) is 4.39 Å². The summed E-state index contributed by atoms with van der Waals surface area (Å²) in [4.78, 5) is 4.85. The van der Waals surface area contributed by atoms with Crippen LogP contribution in [0.5, 0.6) is 0 Å². The molecule has 0 amide bonds. The van der Waals surface area contributed by atoms with E-state index in [1.165, 1.54) is 11.3 Å². The third-order valence-electron chi connectivity index (χ3n) is 1.91. The second-order valence-corrected chi connectivity index (χ2v) is 4.61. The molecule has 0 bridgehead atoms. The maximum Gasteiger partial charge on any atom is 0.141 e. The Hall–Kier alpha value is -0.480. The van der Waals surface area contributed by atoms with Crippen molar-refractivity contribution >= 4 is 11.3 Å². The molecule has 0 radical (unpaired) electrons. The predicted octanol–water partition coefficient (Wildman–Crippen LogP) is 2.63. The Morgan fingerprint density at radius 3 is 2.62 bits per heavy atom. The van der Waals surface area contributed by atoms with Gasteiger partial charge < -0.3 is 5.32 Å². The molecular weight excluding hydrogens is 187 g/mol. The number of nitrogens with one attached hydrogen (secondary N) is 1. The highest BCUT2D eigenvalue weighted by atomic mass is 32.1. The van der Waals surface area contributed by atoms with Gasteiger partial charge in [-0.1, -0.05) is 0 Å². The Balaban J connectivity index is 2.87. The lowest BCUT2D eigenvalue weighted by atomic mass is 10.1. The van der Waals surface area contributed by atoms with Crippen LogP contribution >= 0.6 is 11.3 Å². The fraction of sp³-hybridized carbons (Fsp3) is 0.667. The zero-order chi connectivity index (χ0) is 10.1. The molecule has 0 saturated heterocycles. The van der Waals surface area contributed by atoms with Crippen LogP contribution in [0.3, 0.4) is 0 Å². The SMILES string of the molecule is CNC(C)c1ncc(C(C)(C)F)s1. The summed E-state index contributed by atoms with van der Waals surface area (Å²) in [5.74, 6) is 0. The summed E-state index contributed by atoms with van der Waals surface area (Å²) in [5, 5.41) is 4.00. The molecular formula is C9H15FN2S. The maximum atomic E-state index is 13.5. The lowest BCUT2D eigenvalue weighted by Crippen LogP contribution is -2.11. The summed E-state index contributed by atoms with van der Waals surface area (Å²) in [6.45, 7) is 5.11. The predicted molar refractivity (Wildman–Crippen MR) is 53.7 cm³/mol. The Morgan fingerprint density at radius 1 is 1.62 bits per heavy atom. The number of hydrogen-bond donors (Lipinski definition) is 1. The monoisotopic (exact) mass is 202 g/mol. The van der Waals surface area contributed by atoms with Gasteiger partial charge in [0.15, 0.2) is 0 Å². The lowest BCUT2D eigenvalue weighted by molar-refractivity contribution is 0.226. The van der Waals surface area contributed by atoms with Gasteiger partial charge in [0.1, 0.15) is 10.7 Å². The van der Waals surface area contributed by atoms with Gasteiger partial charge in [-0.05, 0) is 27.8 Å². The number of nitrogens with zero attached hydrogens (tertiary/aromatic N) is 1. The number of aromatic nitrogens is 1. The van der Waals surface area contributed by atoms with Crippen molar-refractivity contribution in [2.24, 2.45) is 0 Å². The van der Waals surface area contributed by atoms with Gasteiger partial charge in [-0.3, -0.25) is 0 Å². The average Bonchev–Trinajstić information content (AvgIpc) is 2.50. The molecule has 0 aliphatic heterocycles. The van der Waals surface area contributed by atoms with Crippen LogP contribution in [0.15, 0.2) is 6.20 Å². The van der Waals surface area contributed by atoms with Gasteiger partial charge in [0.2, 0.25) is 0 Å². The summed E-state index contributed by atoms with van der Waals surface area (Å²) < 4.78 is 13.5. The number of hydrogen-bond acceptors (Lipinski definition) is 3. The van der Waals surface area contributed by atoms with Crippen LogP contribution in [0, 0.1) is 0 Å². The first kappa shape index (κ1) is 10.6. The van der Waals surface area contributed by atoms with E-state index < -0.39 is 5.67 Å². The Labute approximate surface area is 82.2 Å². The molecule has 1 aromatic rings. The van der Waals surface area contributed by atoms with E-state index in [0.29, 0.717) is 4.88 Å². The summed E-state index contributed by atoms with van der Waals surface area (Å²) >= 11 is 1.42. The van der Waals surface area contributed by atoms with E-state index in [4.69, 9.17) is 0 Å². The lowest BCUT2D eigenvalue weighted by Gasteiger charge is -2.10. The van der Waals surface area contributed by atoms with Crippen molar-refractivity contribution in [1.29, 1.82) is 0 Å². The fourth-order valence-electron chi connectivity index (χ4n) is 0.886. The number of halogens is 1. The van der Waals surface area contributed by atoms with Gasteiger partial charge >= 0.3 is 0 Å². The van der Waals surface area contributed by atoms with Crippen molar-refractivity contribution in [3.63, 3.8) is 0 Å². The normalized spacial score (nSPS) is 14.5. The molecule has 13 heavy (non-hydrogen) atoms. The van der Waals surface area contributed by atoms with Crippen LogP contribution in [0.2, 0.25) is 0 Å². The van der Waals surface area contributed by atoms with Crippen molar-refractivity contribution in [3.05, 3.63) is 16.1 Å². The van der Waals surface area contributed by atoms with Gasteiger partial charge in [-0.15, -0.1) is 11.3 Å². The molecule has 0 fully saturated rings. The van der Waals surface area contributed by atoms with Crippen LogP contribution in [-0.2, 0) is 5.67 Å². The van der Waals surface area contributed by atoms with E-state index in [0.717, 1.165) is 5.01 Å². The smallest absolute Gasteiger partial charge is 0.141 e. The second kappa shape index (κ2) is 3.72. The Bertz CT molecular complexity index is 277. The highest BCUT2D eigenvalue weighted by molar-refractivity contribution is 7.11. The molecule has 0 aromatic carbocycles. The van der Waals surface area contributed by atoms with E-state index in [1.807, 2.05) is 14.0 Å². The van der Waals surface area contributed by atoms with E-state index >= 15 is 0 Å². The fourth-order valence-corrected chi connectivity index (χ4v) is 1.86. The van der Waals surface area contributed by atoms with Gasteiger partial charge in [0, 0.05) is 6.20 Å². The van der Waals surface area contributed by atoms with Crippen LogP contribution in [0.4, 0.5) is 4.39 Å². The highest BCUT2D eigenvalue weighted by Gasteiger charge is 2.22. The zero-order valence-corrected chi connectivity index (χ0v) is 9.20. The van der Waals surface area contributed by atoms with Crippen molar-refractivity contribution in [3.8, 4) is 0 Å². The summed E-state index contributed by atoms with van der Waals surface area (Å²) in [6, 6.07) is 0.195. The van der Waals surface area contributed by atoms with E-state index in [-0.39, 0.29) is 6.04 Å². The third kappa shape index (κ3) is 2.48. The van der Waals surface area contributed by atoms with Crippen LogP contribution < -0.4 is 5.32 Å². The molecule has 0 aliphatic carbocycles. The van der Waals surface area contributed by atoms with Crippen LogP contribution in [0.25, 0.3) is 0 Å². The van der Waals surface area contributed by atoms with E-state index in [1.54, 1.807) is 20.0 Å². The number of thiazole rings is 1. The van der Waals surface area contributed by atoms with Gasteiger partial charge in [-0.25, -0.2) is 9.37 Å². The Kier molecular flexibility index (Phi) is 3.03. The maximum absolute atomic E-state index is 13.5. The summed E-state index contributed by atoms with van der Waals surface area (Å²) in [6.07, 6.45) is 1.62. The quantitative estimate of drug-likeness (QED) is 0.815. The minimum atomic E-state index is -1.27. The molecule has 1 unspecified atom stereocenters. The third-order valence-corrected chi connectivity index (χ3v) is 3.39. The molecule has 1 atom stereocenters. The standard InChI is InChI=1S/C9H15FN2S/c1-6(11-4)8-12-5-7(13-8)9(2,3)10/h5-6,11H,1-4H3. The van der Waals surface area contributed by atoms with Gasteiger partial charge in [0.05, 0.1) is 10.9 Å². The molecule has 1 heterocycles. The van der Waals surface area contributed by atoms with Crippen LogP contribution in [0.1, 0.15) is 36.7 Å². The summed E-state index contributed by atoms with van der Waals surface area (Å²) in [5.41, 5.74) is -1.27. The van der Waals surface area contributed by atoms with Crippen molar-refractivity contribution in [1.82, 2.24) is 10.3 Å². The molecule has 1 N–H and O–H groups in total. The zero-order valence-electron chi connectivity index (χ0n) is 8.39. The first-order chi connectivity index (χ1) is 5.95. The second-order valence-electron chi connectivity index (χ2n) is 3.55. The number of alkyl halides is 1. The molecule has 4 heteroatoms. The molecule has 0 aliphatic rings. The highest BCUT2D eigenvalue weighted by Crippen LogP contribution is 2.31. The first-order valence-electron chi connectivity index (χ1n) is 4.27. The molecule has 1 rings (SSSR count). The van der Waals surface area contributed by atoms with Crippen molar-refractivity contribution in [2.45, 2.75) is 32.5 Å². The van der Waals surface area contributed by atoms with Crippen molar-refractivity contribution < 1.29 is 4.39 Å². The minimum Gasteiger partial charge on any atom is -0.311 e. The molecule has 1 aromatic heterocycles.